The highest BCUT2D eigenvalue weighted by Gasteiger charge is 2.22. The van der Waals surface area contributed by atoms with Crippen LogP contribution in [0.25, 0.3) is 0 Å². The summed E-state index contributed by atoms with van der Waals surface area (Å²) in [7, 11) is 0. The largest absolute Gasteiger partial charge is 0.475 e. The van der Waals surface area contributed by atoms with Crippen molar-refractivity contribution in [1.29, 1.82) is 0 Å². The van der Waals surface area contributed by atoms with Crippen LogP contribution < -0.4 is 0 Å². The predicted octanol–water partition coefficient (Wildman–Crippen LogP) is 0.824. The third-order valence-electron chi connectivity index (χ3n) is 1.54. The number of carboxylic acids is 1. The first-order valence-corrected chi connectivity index (χ1v) is 3.94. The van der Waals surface area contributed by atoms with Gasteiger partial charge >= 0.3 is 5.97 Å². The second-order valence-corrected chi connectivity index (χ2v) is 2.66. The normalized spacial score (nSPS) is 10.0. The van der Waals surface area contributed by atoms with Crippen molar-refractivity contribution in [2.24, 2.45) is 0 Å². The minimum Gasteiger partial charge on any atom is -0.475 e. The molecule has 0 aliphatic rings. The van der Waals surface area contributed by atoms with Gasteiger partial charge in [0.15, 0.2) is 5.15 Å². The Kier molecular flexibility index (Phi) is 2.67. The number of halogens is 1. The van der Waals surface area contributed by atoms with E-state index in [9.17, 15) is 9.59 Å². The molecule has 0 radical (unpaired) electrons. The summed E-state index contributed by atoms with van der Waals surface area (Å²) >= 11 is 5.55. The predicted molar refractivity (Wildman–Crippen MR) is 44.9 cm³/mol. The van der Waals surface area contributed by atoms with Crippen LogP contribution in [0.3, 0.4) is 0 Å². The van der Waals surface area contributed by atoms with Crippen molar-refractivity contribution in [2.75, 3.05) is 0 Å². The van der Waals surface area contributed by atoms with Crippen LogP contribution in [0.15, 0.2) is 6.33 Å². The average Bonchev–Trinajstić information content (AvgIpc) is 2.45. The SMILES string of the molecule is CCn1cnc(Cl)c1C(=O)C(=O)O. The summed E-state index contributed by atoms with van der Waals surface area (Å²) in [6.45, 7) is 2.21. The Bertz CT molecular complexity index is 359. The number of carbonyl (C=O) groups is 2. The summed E-state index contributed by atoms with van der Waals surface area (Å²) in [5.41, 5.74) is -0.0725. The van der Waals surface area contributed by atoms with E-state index in [0.29, 0.717) is 6.54 Å². The number of rotatable bonds is 3. The molecule has 0 atom stereocenters. The van der Waals surface area contributed by atoms with Crippen LogP contribution >= 0.6 is 11.6 Å². The molecule has 0 aromatic carbocycles. The zero-order chi connectivity index (χ0) is 10.0. The van der Waals surface area contributed by atoms with Crippen LogP contribution in [0.1, 0.15) is 17.4 Å². The molecule has 0 bridgehead atoms. The molecule has 0 aliphatic carbocycles. The lowest BCUT2D eigenvalue weighted by atomic mass is 10.3. The zero-order valence-electron chi connectivity index (χ0n) is 6.82. The average molecular weight is 203 g/mol. The molecule has 70 valence electrons. The molecule has 0 saturated heterocycles. The van der Waals surface area contributed by atoms with Gasteiger partial charge in [-0.25, -0.2) is 9.78 Å². The van der Waals surface area contributed by atoms with Crippen molar-refractivity contribution in [3.63, 3.8) is 0 Å². The van der Waals surface area contributed by atoms with Gasteiger partial charge in [-0.15, -0.1) is 0 Å². The third-order valence-corrected chi connectivity index (χ3v) is 1.82. The zero-order valence-corrected chi connectivity index (χ0v) is 7.58. The number of aromatic nitrogens is 2. The smallest absolute Gasteiger partial charge is 0.378 e. The van der Waals surface area contributed by atoms with Crippen LogP contribution in [0.5, 0.6) is 0 Å². The lowest BCUT2D eigenvalue weighted by Crippen LogP contribution is -2.17. The molecule has 0 fully saturated rings. The second-order valence-electron chi connectivity index (χ2n) is 2.30. The van der Waals surface area contributed by atoms with Gasteiger partial charge in [0, 0.05) is 6.54 Å². The molecule has 1 rings (SSSR count). The number of ketones is 1. The van der Waals surface area contributed by atoms with Gasteiger partial charge in [0.1, 0.15) is 5.69 Å². The number of carbonyl (C=O) groups excluding carboxylic acids is 1. The molecule has 0 spiro atoms. The number of hydrogen-bond acceptors (Lipinski definition) is 3. The van der Waals surface area contributed by atoms with Crippen LogP contribution in [0, 0.1) is 0 Å². The summed E-state index contributed by atoms with van der Waals surface area (Å²) in [6.07, 6.45) is 1.33. The first-order chi connectivity index (χ1) is 6.07. The molecular weight excluding hydrogens is 196 g/mol. The quantitative estimate of drug-likeness (QED) is 0.582. The Morgan fingerprint density at radius 3 is 2.77 bits per heavy atom. The maximum absolute atomic E-state index is 11.1. The fourth-order valence-electron chi connectivity index (χ4n) is 0.923. The minimum atomic E-state index is -1.53. The van der Waals surface area contributed by atoms with Crippen molar-refractivity contribution < 1.29 is 14.7 Å². The first kappa shape index (κ1) is 9.73. The van der Waals surface area contributed by atoms with E-state index in [1.807, 2.05) is 0 Å². The number of hydrogen-bond donors (Lipinski definition) is 1. The summed E-state index contributed by atoms with van der Waals surface area (Å²) in [4.78, 5) is 25.1. The van der Waals surface area contributed by atoms with Crippen molar-refractivity contribution in [1.82, 2.24) is 9.55 Å². The number of aryl methyl sites for hydroxylation is 1. The van der Waals surface area contributed by atoms with E-state index in [-0.39, 0.29) is 10.8 Å². The van der Waals surface area contributed by atoms with Gasteiger partial charge in [-0.2, -0.15) is 0 Å². The number of imidazole rings is 1. The Labute approximate surface area is 79.0 Å². The second kappa shape index (κ2) is 3.57. The monoisotopic (exact) mass is 202 g/mol. The lowest BCUT2D eigenvalue weighted by molar-refractivity contribution is -0.131. The van der Waals surface area contributed by atoms with E-state index >= 15 is 0 Å². The maximum Gasteiger partial charge on any atom is 0.378 e. The Morgan fingerprint density at radius 2 is 2.31 bits per heavy atom. The van der Waals surface area contributed by atoms with Gasteiger partial charge in [-0.1, -0.05) is 11.6 Å². The molecule has 1 aromatic rings. The highest BCUT2D eigenvalue weighted by Crippen LogP contribution is 2.14. The summed E-state index contributed by atoms with van der Waals surface area (Å²) in [5.74, 6) is -2.57. The van der Waals surface area contributed by atoms with Crippen LogP contribution in [-0.2, 0) is 11.3 Å². The van der Waals surface area contributed by atoms with Gasteiger partial charge in [0.25, 0.3) is 5.78 Å². The summed E-state index contributed by atoms with van der Waals surface area (Å²) in [5, 5.41) is 8.37. The summed E-state index contributed by atoms with van der Waals surface area (Å²) < 4.78 is 1.39. The Balaban J connectivity index is 3.18. The van der Waals surface area contributed by atoms with E-state index in [1.165, 1.54) is 10.9 Å². The van der Waals surface area contributed by atoms with Crippen LogP contribution in [-0.4, -0.2) is 26.4 Å². The molecule has 0 aliphatic heterocycles. The first-order valence-electron chi connectivity index (χ1n) is 3.56. The molecule has 13 heavy (non-hydrogen) atoms. The molecule has 0 saturated carbocycles. The molecule has 1 aromatic heterocycles. The molecule has 1 heterocycles. The maximum atomic E-state index is 11.1. The molecular formula is C7H7ClN2O3. The van der Waals surface area contributed by atoms with E-state index < -0.39 is 11.8 Å². The number of carboxylic acid groups (broad SMARTS) is 1. The van der Waals surface area contributed by atoms with Gasteiger partial charge in [-0.3, -0.25) is 4.79 Å². The molecule has 5 nitrogen and oxygen atoms in total. The Morgan fingerprint density at radius 1 is 1.69 bits per heavy atom. The van der Waals surface area contributed by atoms with E-state index in [1.54, 1.807) is 6.92 Å². The standard InChI is InChI=1S/C7H7ClN2O3/c1-2-10-3-9-6(8)4(10)5(11)7(12)13/h3H,2H2,1H3,(H,12,13). The molecule has 6 heteroatoms. The van der Waals surface area contributed by atoms with Crippen molar-refractivity contribution in [3.05, 3.63) is 17.2 Å². The van der Waals surface area contributed by atoms with E-state index in [4.69, 9.17) is 16.7 Å². The van der Waals surface area contributed by atoms with Crippen molar-refractivity contribution in [2.45, 2.75) is 13.5 Å². The van der Waals surface area contributed by atoms with Gasteiger partial charge in [0.05, 0.1) is 6.33 Å². The van der Waals surface area contributed by atoms with Crippen molar-refractivity contribution >= 4 is 23.4 Å². The number of aliphatic carboxylic acids is 1. The van der Waals surface area contributed by atoms with Crippen molar-refractivity contribution in [3.8, 4) is 0 Å². The molecule has 0 unspecified atom stereocenters. The van der Waals surface area contributed by atoms with Crippen LogP contribution in [0.4, 0.5) is 0 Å². The number of nitrogens with zero attached hydrogens (tertiary/aromatic N) is 2. The summed E-state index contributed by atoms with van der Waals surface area (Å²) in [6, 6.07) is 0. The van der Waals surface area contributed by atoms with Gasteiger partial charge in [-0.05, 0) is 6.92 Å². The molecule has 0 amide bonds. The van der Waals surface area contributed by atoms with Gasteiger partial charge in [0.2, 0.25) is 0 Å². The number of Topliss-reactive ketones (excluding diaryl/α,β-unsaturated/α-hetero) is 1. The highest BCUT2D eigenvalue weighted by atomic mass is 35.5. The fourth-order valence-corrected chi connectivity index (χ4v) is 1.16. The molecule has 1 N–H and O–H groups in total. The van der Waals surface area contributed by atoms with E-state index in [0.717, 1.165) is 0 Å². The highest BCUT2D eigenvalue weighted by molar-refractivity contribution is 6.44. The van der Waals surface area contributed by atoms with Crippen LogP contribution in [0.2, 0.25) is 5.15 Å². The Hall–Kier alpha value is -1.36. The third kappa shape index (κ3) is 1.70. The minimum absolute atomic E-state index is 0.0725. The topological polar surface area (TPSA) is 72.2 Å². The lowest BCUT2D eigenvalue weighted by Gasteiger charge is -2.00. The fraction of sp³-hybridized carbons (Fsp3) is 0.286. The van der Waals surface area contributed by atoms with E-state index in [2.05, 4.69) is 4.98 Å². The van der Waals surface area contributed by atoms with Gasteiger partial charge < -0.3 is 9.67 Å².